The Morgan fingerprint density at radius 1 is 1.56 bits per heavy atom. The van der Waals surface area contributed by atoms with Crippen molar-refractivity contribution in [3.05, 3.63) is 29.3 Å². The molecule has 4 nitrogen and oxygen atoms in total. The molecule has 0 heterocycles. The predicted molar refractivity (Wildman–Crippen MR) is 60.4 cm³/mol. The summed E-state index contributed by atoms with van der Waals surface area (Å²) >= 11 is 4.47. The van der Waals surface area contributed by atoms with Crippen molar-refractivity contribution >= 4 is 23.5 Å². The maximum Gasteiger partial charge on any atom is 0.184 e. The molecule has 0 bridgehead atoms. The van der Waals surface area contributed by atoms with Crippen molar-refractivity contribution in [1.29, 1.82) is 0 Å². The molecule has 7 heteroatoms. The molecule has 0 amide bonds. The van der Waals surface area contributed by atoms with E-state index in [-0.39, 0.29) is 16.4 Å². The SMILES string of the molecule is COc1ccc(F)c(C=NNC(N)=S)c1F. The minimum atomic E-state index is -0.837. The molecule has 16 heavy (non-hydrogen) atoms. The lowest BCUT2D eigenvalue weighted by molar-refractivity contribution is 0.383. The lowest BCUT2D eigenvalue weighted by Gasteiger charge is -2.04. The first-order valence-electron chi connectivity index (χ1n) is 4.16. The van der Waals surface area contributed by atoms with E-state index in [1.807, 2.05) is 0 Å². The molecule has 86 valence electrons. The van der Waals surface area contributed by atoms with E-state index < -0.39 is 11.6 Å². The summed E-state index contributed by atoms with van der Waals surface area (Å²) in [5.41, 5.74) is 6.94. The van der Waals surface area contributed by atoms with Crippen LogP contribution in [0.15, 0.2) is 17.2 Å². The van der Waals surface area contributed by atoms with Gasteiger partial charge in [-0.2, -0.15) is 5.10 Å². The second-order valence-electron chi connectivity index (χ2n) is 2.71. The van der Waals surface area contributed by atoms with Gasteiger partial charge in [0.15, 0.2) is 16.7 Å². The Morgan fingerprint density at radius 3 is 2.81 bits per heavy atom. The number of nitrogens with zero attached hydrogens (tertiary/aromatic N) is 1. The zero-order chi connectivity index (χ0) is 12.1. The van der Waals surface area contributed by atoms with Crippen LogP contribution < -0.4 is 15.9 Å². The number of hydrogen-bond donors (Lipinski definition) is 2. The normalized spacial score (nSPS) is 10.4. The fourth-order valence-corrected chi connectivity index (χ4v) is 1.04. The molecular formula is C9H9F2N3OS. The molecule has 0 aliphatic heterocycles. The van der Waals surface area contributed by atoms with Crippen molar-refractivity contribution in [2.45, 2.75) is 0 Å². The number of nitrogens with one attached hydrogen (secondary N) is 1. The van der Waals surface area contributed by atoms with Gasteiger partial charge in [-0.15, -0.1) is 0 Å². The number of thiocarbonyl (C=S) groups is 1. The van der Waals surface area contributed by atoms with Gasteiger partial charge >= 0.3 is 0 Å². The Hall–Kier alpha value is -1.76. The molecule has 0 saturated heterocycles. The molecule has 0 fully saturated rings. The molecule has 0 radical (unpaired) electrons. The Morgan fingerprint density at radius 2 is 2.25 bits per heavy atom. The van der Waals surface area contributed by atoms with Gasteiger partial charge in [-0.25, -0.2) is 8.78 Å². The minimum Gasteiger partial charge on any atom is -0.494 e. The molecule has 0 atom stereocenters. The van der Waals surface area contributed by atoms with Gasteiger partial charge in [0.1, 0.15) is 5.82 Å². The largest absolute Gasteiger partial charge is 0.494 e. The van der Waals surface area contributed by atoms with Crippen molar-refractivity contribution in [3.63, 3.8) is 0 Å². The number of halogens is 2. The molecule has 0 aromatic heterocycles. The van der Waals surface area contributed by atoms with Gasteiger partial charge in [0.2, 0.25) is 0 Å². The monoisotopic (exact) mass is 245 g/mol. The number of benzene rings is 1. The first-order valence-corrected chi connectivity index (χ1v) is 4.57. The van der Waals surface area contributed by atoms with Crippen LogP contribution >= 0.6 is 12.2 Å². The zero-order valence-electron chi connectivity index (χ0n) is 8.33. The second kappa shape index (κ2) is 5.36. The summed E-state index contributed by atoms with van der Waals surface area (Å²) in [5.74, 6) is -1.67. The highest BCUT2D eigenvalue weighted by atomic mass is 32.1. The highest BCUT2D eigenvalue weighted by molar-refractivity contribution is 7.80. The summed E-state index contributed by atoms with van der Waals surface area (Å²) in [6.45, 7) is 0. The summed E-state index contributed by atoms with van der Waals surface area (Å²) in [6, 6.07) is 2.26. The van der Waals surface area contributed by atoms with E-state index in [1.165, 1.54) is 13.2 Å². The predicted octanol–water partition coefficient (Wildman–Crippen LogP) is 1.14. The average Bonchev–Trinajstić information content (AvgIpc) is 2.23. The summed E-state index contributed by atoms with van der Waals surface area (Å²) in [4.78, 5) is 0. The van der Waals surface area contributed by atoms with E-state index in [4.69, 9.17) is 10.5 Å². The third-order valence-corrected chi connectivity index (χ3v) is 1.77. The van der Waals surface area contributed by atoms with Crippen LogP contribution in [0.5, 0.6) is 5.75 Å². The highest BCUT2D eigenvalue weighted by Gasteiger charge is 2.12. The quantitative estimate of drug-likeness (QED) is 0.476. The fourth-order valence-electron chi connectivity index (χ4n) is 0.986. The van der Waals surface area contributed by atoms with E-state index in [0.717, 1.165) is 12.3 Å². The van der Waals surface area contributed by atoms with Crippen LogP contribution in [-0.4, -0.2) is 18.4 Å². The molecule has 0 aliphatic rings. The smallest absolute Gasteiger partial charge is 0.184 e. The van der Waals surface area contributed by atoms with Crippen LogP contribution in [0.2, 0.25) is 0 Å². The molecule has 0 aliphatic carbocycles. The number of rotatable bonds is 3. The lowest BCUT2D eigenvalue weighted by atomic mass is 10.2. The molecule has 1 aromatic rings. The molecule has 0 spiro atoms. The van der Waals surface area contributed by atoms with E-state index in [9.17, 15) is 8.78 Å². The van der Waals surface area contributed by atoms with Crippen LogP contribution in [0.4, 0.5) is 8.78 Å². The van der Waals surface area contributed by atoms with Crippen LogP contribution in [0, 0.1) is 11.6 Å². The van der Waals surface area contributed by atoms with Gasteiger partial charge in [-0.05, 0) is 24.4 Å². The molecule has 3 N–H and O–H groups in total. The number of ether oxygens (including phenoxy) is 1. The Bertz CT molecular complexity index is 437. The highest BCUT2D eigenvalue weighted by Crippen LogP contribution is 2.21. The summed E-state index contributed by atoms with van der Waals surface area (Å²) in [6.07, 6.45) is 0.937. The van der Waals surface area contributed by atoms with Crippen LogP contribution in [0.1, 0.15) is 5.56 Å². The van der Waals surface area contributed by atoms with Gasteiger partial charge in [0.05, 0.1) is 18.9 Å². The minimum absolute atomic E-state index is 0.0711. The molecule has 0 unspecified atom stereocenters. The number of hydrogen-bond acceptors (Lipinski definition) is 3. The van der Waals surface area contributed by atoms with Crippen LogP contribution in [-0.2, 0) is 0 Å². The Labute approximate surface area is 96.1 Å². The van der Waals surface area contributed by atoms with Crippen LogP contribution in [0.3, 0.4) is 0 Å². The van der Waals surface area contributed by atoms with E-state index in [1.54, 1.807) is 0 Å². The standard InChI is InChI=1S/C9H9F2N3OS/c1-15-7-3-2-6(10)5(8(7)11)4-13-14-9(12)16/h2-4H,1H3,(H3,12,14,16). The van der Waals surface area contributed by atoms with Crippen molar-refractivity contribution in [1.82, 2.24) is 5.43 Å². The number of hydrazone groups is 1. The maximum atomic E-state index is 13.5. The fraction of sp³-hybridized carbons (Fsp3) is 0.111. The van der Waals surface area contributed by atoms with Crippen molar-refractivity contribution < 1.29 is 13.5 Å². The average molecular weight is 245 g/mol. The first-order chi connectivity index (χ1) is 7.56. The Kier molecular flexibility index (Phi) is 4.12. The number of nitrogens with two attached hydrogens (primary N) is 1. The first kappa shape index (κ1) is 12.3. The lowest BCUT2D eigenvalue weighted by Crippen LogP contribution is -2.24. The third-order valence-electron chi connectivity index (χ3n) is 1.68. The zero-order valence-corrected chi connectivity index (χ0v) is 9.15. The van der Waals surface area contributed by atoms with Crippen molar-refractivity contribution in [2.24, 2.45) is 10.8 Å². The van der Waals surface area contributed by atoms with Gasteiger partial charge < -0.3 is 10.5 Å². The summed E-state index contributed by atoms with van der Waals surface area (Å²) < 4.78 is 31.4. The second-order valence-corrected chi connectivity index (χ2v) is 3.15. The molecule has 1 rings (SSSR count). The van der Waals surface area contributed by atoms with Crippen molar-refractivity contribution in [2.75, 3.05) is 7.11 Å². The van der Waals surface area contributed by atoms with Gasteiger partial charge in [-0.3, -0.25) is 5.43 Å². The van der Waals surface area contributed by atoms with Gasteiger partial charge in [0, 0.05) is 0 Å². The summed E-state index contributed by atoms with van der Waals surface area (Å²) in [7, 11) is 1.28. The maximum absolute atomic E-state index is 13.5. The van der Waals surface area contributed by atoms with Gasteiger partial charge in [-0.1, -0.05) is 0 Å². The third kappa shape index (κ3) is 2.86. The molecular weight excluding hydrogens is 236 g/mol. The van der Waals surface area contributed by atoms with Crippen molar-refractivity contribution in [3.8, 4) is 5.75 Å². The molecule has 1 aromatic carbocycles. The van der Waals surface area contributed by atoms with E-state index in [2.05, 4.69) is 22.7 Å². The van der Waals surface area contributed by atoms with E-state index >= 15 is 0 Å². The topological polar surface area (TPSA) is 59.6 Å². The van der Waals surface area contributed by atoms with E-state index in [0.29, 0.717) is 0 Å². The summed E-state index contributed by atoms with van der Waals surface area (Å²) in [5, 5.41) is 3.36. The molecule has 0 saturated carbocycles. The van der Waals surface area contributed by atoms with Crippen LogP contribution in [0.25, 0.3) is 0 Å². The number of methoxy groups -OCH3 is 1. The van der Waals surface area contributed by atoms with Gasteiger partial charge in [0.25, 0.3) is 0 Å². The Balaban J connectivity index is 3.02.